The topological polar surface area (TPSA) is 73.1 Å². The van der Waals surface area contributed by atoms with Gasteiger partial charge in [0, 0.05) is 49.6 Å². The Balaban J connectivity index is 1.21. The Bertz CT molecular complexity index is 723. The van der Waals surface area contributed by atoms with Gasteiger partial charge in [-0.1, -0.05) is 12.8 Å². The molecule has 0 radical (unpaired) electrons. The summed E-state index contributed by atoms with van der Waals surface area (Å²) in [6.45, 7) is 1.51. The van der Waals surface area contributed by atoms with Crippen molar-refractivity contribution in [3.05, 3.63) is 30.6 Å². The van der Waals surface area contributed by atoms with Gasteiger partial charge < -0.3 is 9.64 Å². The molecule has 0 spiro atoms. The molecule has 2 aliphatic rings. The number of likely N-dealkylation sites (tertiary alicyclic amines) is 1. The van der Waals surface area contributed by atoms with Crippen LogP contribution in [0.4, 0.5) is 0 Å². The largest absolute Gasteiger partial charge is 0.473 e. The van der Waals surface area contributed by atoms with Gasteiger partial charge in [-0.2, -0.15) is 5.10 Å². The Labute approximate surface area is 163 Å². The first-order valence-electron chi connectivity index (χ1n) is 9.68. The first-order chi connectivity index (χ1) is 13.3. The van der Waals surface area contributed by atoms with Crippen LogP contribution in [-0.4, -0.2) is 61.0 Å². The summed E-state index contributed by atoms with van der Waals surface area (Å²) in [5, 5.41) is 13.1. The highest BCUT2D eigenvalue weighted by molar-refractivity contribution is 8.00. The van der Waals surface area contributed by atoms with E-state index in [1.807, 2.05) is 41.1 Å². The SMILES string of the molecule is O=C(CSC1CCCC1)N1CCC(Oc2ccc(-n3cccn3)nn2)CC1. The maximum absolute atomic E-state index is 12.4. The third kappa shape index (κ3) is 4.80. The van der Waals surface area contributed by atoms with Gasteiger partial charge in [-0.05, 0) is 25.0 Å². The van der Waals surface area contributed by atoms with Crippen LogP contribution in [0, 0.1) is 0 Å². The standard InChI is InChI=1S/C19H25N5O2S/c25-19(14-27-16-4-1-2-5-16)23-12-8-15(9-13-23)26-18-7-6-17(21-22-18)24-11-3-10-20-24/h3,6-7,10-11,15-16H,1-2,4-5,8-9,12-14H2. The molecule has 1 saturated carbocycles. The van der Waals surface area contributed by atoms with Crippen LogP contribution in [0.25, 0.3) is 5.82 Å². The quantitative estimate of drug-likeness (QED) is 0.759. The minimum atomic E-state index is 0.0846. The van der Waals surface area contributed by atoms with Gasteiger partial charge in [0.05, 0.1) is 5.75 Å². The minimum absolute atomic E-state index is 0.0846. The third-order valence-electron chi connectivity index (χ3n) is 5.19. The second-order valence-corrected chi connectivity index (χ2v) is 8.38. The van der Waals surface area contributed by atoms with Gasteiger partial charge in [0.2, 0.25) is 11.8 Å². The maximum atomic E-state index is 12.4. The van der Waals surface area contributed by atoms with E-state index in [-0.39, 0.29) is 12.0 Å². The Morgan fingerprint density at radius 3 is 2.63 bits per heavy atom. The van der Waals surface area contributed by atoms with E-state index in [2.05, 4.69) is 15.3 Å². The third-order valence-corrected chi connectivity index (χ3v) is 6.55. The van der Waals surface area contributed by atoms with E-state index in [0.717, 1.165) is 25.9 Å². The smallest absolute Gasteiger partial charge is 0.233 e. The molecular weight excluding hydrogens is 362 g/mol. The lowest BCUT2D eigenvalue weighted by Gasteiger charge is -2.32. The van der Waals surface area contributed by atoms with E-state index in [4.69, 9.17) is 4.74 Å². The summed E-state index contributed by atoms with van der Waals surface area (Å²) in [7, 11) is 0. The summed E-state index contributed by atoms with van der Waals surface area (Å²) in [6.07, 6.45) is 10.5. The molecule has 2 aromatic heterocycles. The van der Waals surface area contributed by atoms with Gasteiger partial charge >= 0.3 is 0 Å². The van der Waals surface area contributed by atoms with Gasteiger partial charge in [-0.3, -0.25) is 4.79 Å². The Morgan fingerprint density at radius 1 is 1.15 bits per heavy atom. The lowest BCUT2D eigenvalue weighted by Crippen LogP contribution is -2.42. The molecule has 0 unspecified atom stereocenters. The van der Waals surface area contributed by atoms with Gasteiger partial charge in [0.15, 0.2) is 5.82 Å². The molecule has 27 heavy (non-hydrogen) atoms. The Morgan fingerprint density at radius 2 is 1.96 bits per heavy atom. The van der Waals surface area contributed by atoms with Crippen LogP contribution in [0.3, 0.4) is 0 Å². The maximum Gasteiger partial charge on any atom is 0.233 e. The molecule has 144 valence electrons. The number of aromatic nitrogens is 4. The summed E-state index contributed by atoms with van der Waals surface area (Å²) in [6, 6.07) is 5.50. The number of amides is 1. The Hall–Kier alpha value is -2.09. The number of ether oxygens (including phenoxy) is 1. The van der Waals surface area contributed by atoms with Gasteiger partial charge in [0.25, 0.3) is 0 Å². The highest BCUT2D eigenvalue weighted by atomic mass is 32.2. The van der Waals surface area contributed by atoms with Crippen molar-refractivity contribution in [2.45, 2.75) is 49.9 Å². The van der Waals surface area contributed by atoms with Crippen molar-refractivity contribution < 1.29 is 9.53 Å². The molecule has 8 heteroatoms. The molecule has 1 saturated heterocycles. The number of nitrogens with zero attached hydrogens (tertiary/aromatic N) is 5. The van der Waals surface area contributed by atoms with Crippen LogP contribution in [0.15, 0.2) is 30.6 Å². The van der Waals surface area contributed by atoms with Crippen molar-refractivity contribution >= 4 is 17.7 Å². The fourth-order valence-electron chi connectivity index (χ4n) is 3.63. The van der Waals surface area contributed by atoms with Crippen molar-refractivity contribution in [3.8, 4) is 11.7 Å². The van der Waals surface area contributed by atoms with Crippen molar-refractivity contribution in [1.82, 2.24) is 24.9 Å². The molecule has 0 atom stereocenters. The molecule has 4 rings (SSSR count). The fourth-order valence-corrected chi connectivity index (χ4v) is 4.86. The van der Waals surface area contributed by atoms with Crippen LogP contribution in [0.5, 0.6) is 5.88 Å². The summed E-state index contributed by atoms with van der Waals surface area (Å²) >= 11 is 1.84. The van der Waals surface area contributed by atoms with Crippen molar-refractivity contribution in [3.63, 3.8) is 0 Å². The van der Waals surface area contributed by atoms with Crippen molar-refractivity contribution in [2.75, 3.05) is 18.8 Å². The van der Waals surface area contributed by atoms with E-state index in [9.17, 15) is 4.79 Å². The minimum Gasteiger partial charge on any atom is -0.473 e. The molecule has 1 aliphatic carbocycles. The van der Waals surface area contributed by atoms with Crippen LogP contribution in [0.1, 0.15) is 38.5 Å². The predicted octanol–water partition coefficient (Wildman–Crippen LogP) is 2.71. The molecule has 3 heterocycles. The molecule has 2 fully saturated rings. The van der Waals surface area contributed by atoms with Crippen LogP contribution >= 0.6 is 11.8 Å². The number of piperidine rings is 1. The van der Waals surface area contributed by atoms with Crippen molar-refractivity contribution in [1.29, 1.82) is 0 Å². The highest BCUT2D eigenvalue weighted by Gasteiger charge is 2.25. The van der Waals surface area contributed by atoms with Gasteiger partial charge in [-0.15, -0.1) is 22.0 Å². The summed E-state index contributed by atoms with van der Waals surface area (Å²) in [4.78, 5) is 14.4. The lowest BCUT2D eigenvalue weighted by atomic mass is 10.1. The second-order valence-electron chi connectivity index (χ2n) is 7.10. The van der Waals surface area contributed by atoms with E-state index < -0.39 is 0 Å². The molecule has 2 aromatic rings. The zero-order valence-corrected chi connectivity index (χ0v) is 16.2. The van der Waals surface area contributed by atoms with Gasteiger partial charge in [-0.25, -0.2) is 4.68 Å². The zero-order valence-electron chi connectivity index (χ0n) is 15.4. The molecule has 0 bridgehead atoms. The van der Waals surface area contributed by atoms with E-state index in [1.54, 1.807) is 10.9 Å². The first kappa shape index (κ1) is 18.3. The van der Waals surface area contributed by atoms with Crippen LogP contribution in [0.2, 0.25) is 0 Å². The van der Waals surface area contributed by atoms with Gasteiger partial charge in [0.1, 0.15) is 6.10 Å². The average Bonchev–Trinajstić information content (AvgIpc) is 3.41. The van der Waals surface area contributed by atoms with E-state index in [0.29, 0.717) is 22.7 Å². The molecule has 0 aromatic carbocycles. The lowest BCUT2D eigenvalue weighted by molar-refractivity contribution is -0.130. The number of thioether (sulfide) groups is 1. The normalized spacial score (nSPS) is 18.7. The van der Waals surface area contributed by atoms with E-state index >= 15 is 0 Å². The van der Waals surface area contributed by atoms with Crippen molar-refractivity contribution in [2.24, 2.45) is 0 Å². The number of hydrogen-bond donors (Lipinski definition) is 0. The highest BCUT2D eigenvalue weighted by Crippen LogP contribution is 2.29. The number of carbonyl (C=O) groups is 1. The molecule has 1 amide bonds. The van der Waals surface area contributed by atoms with E-state index in [1.165, 1.54) is 25.7 Å². The van der Waals surface area contributed by atoms with Crippen LogP contribution in [-0.2, 0) is 4.79 Å². The molecular formula is C19H25N5O2S. The number of rotatable bonds is 6. The van der Waals surface area contributed by atoms with Crippen LogP contribution < -0.4 is 4.74 Å². The molecule has 0 N–H and O–H groups in total. The Kier molecular flexibility index (Phi) is 5.91. The summed E-state index contributed by atoms with van der Waals surface area (Å²) in [5.74, 6) is 2.07. The second kappa shape index (κ2) is 8.73. The average molecular weight is 388 g/mol. The number of carbonyl (C=O) groups excluding carboxylic acids is 1. The molecule has 1 aliphatic heterocycles. The zero-order chi connectivity index (χ0) is 18.5. The fraction of sp³-hybridized carbons (Fsp3) is 0.579. The summed E-state index contributed by atoms with van der Waals surface area (Å²) in [5.41, 5.74) is 0. The number of hydrogen-bond acceptors (Lipinski definition) is 6. The summed E-state index contributed by atoms with van der Waals surface area (Å²) < 4.78 is 7.61. The molecule has 7 nitrogen and oxygen atoms in total. The predicted molar refractivity (Wildman–Crippen MR) is 104 cm³/mol. The first-order valence-corrected chi connectivity index (χ1v) is 10.7. The monoisotopic (exact) mass is 387 g/mol.